The Hall–Kier alpha value is -1.06. The van der Waals surface area contributed by atoms with E-state index in [1.807, 2.05) is 6.92 Å². The second-order valence-electron chi connectivity index (χ2n) is 4.82. The van der Waals surface area contributed by atoms with Gasteiger partial charge in [0.15, 0.2) is 0 Å². The van der Waals surface area contributed by atoms with Gasteiger partial charge in [-0.3, -0.25) is 9.59 Å². The Balaban J connectivity index is 2.49. The predicted molar refractivity (Wildman–Crippen MR) is 56.4 cm³/mol. The molecule has 1 saturated carbocycles. The molecule has 4 heteroatoms. The van der Waals surface area contributed by atoms with Crippen LogP contribution in [0.2, 0.25) is 0 Å². The molecule has 0 heterocycles. The van der Waals surface area contributed by atoms with Crippen molar-refractivity contribution in [1.82, 2.24) is 5.32 Å². The second kappa shape index (κ2) is 4.21. The molecule has 1 fully saturated rings. The molecule has 15 heavy (non-hydrogen) atoms. The van der Waals surface area contributed by atoms with E-state index in [-0.39, 0.29) is 11.4 Å². The molecule has 0 saturated heterocycles. The number of amides is 1. The Morgan fingerprint density at radius 1 is 1.27 bits per heavy atom. The molecule has 0 aromatic rings. The lowest BCUT2D eigenvalue weighted by molar-refractivity contribution is -0.146. The molecule has 0 bridgehead atoms. The Morgan fingerprint density at radius 3 is 2.13 bits per heavy atom. The van der Waals surface area contributed by atoms with Crippen LogP contribution in [0.1, 0.15) is 40.0 Å². The van der Waals surface area contributed by atoms with Crippen molar-refractivity contribution in [2.45, 2.75) is 45.6 Å². The molecule has 1 aliphatic rings. The van der Waals surface area contributed by atoms with Crippen LogP contribution in [0.5, 0.6) is 0 Å². The molecule has 0 aromatic carbocycles. The number of hydrogen-bond donors (Lipinski definition) is 2. The van der Waals surface area contributed by atoms with Crippen LogP contribution in [-0.2, 0) is 9.59 Å². The van der Waals surface area contributed by atoms with Crippen LogP contribution in [0, 0.1) is 11.8 Å². The summed E-state index contributed by atoms with van der Waals surface area (Å²) < 4.78 is 0. The van der Waals surface area contributed by atoms with Crippen molar-refractivity contribution < 1.29 is 14.7 Å². The first-order chi connectivity index (χ1) is 6.86. The zero-order chi connectivity index (χ0) is 11.6. The van der Waals surface area contributed by atoms with Crippen molar-refractivity contribution >= 4 is 11.9 Å². The lowest BCUT2D eigenvalue weighted by Gasteiger charge is -2.40. The zero-order valence-corrected chi connectivity index (χ0v) is 9.54. The number of carboxylic acids is 1. The highest BCUT2D eigenvalue weighted by Gasteiger charge is 2.36. The molecular formula is C11H19NO3. The Bertz CT molecular complexity index is 271. The van der Waals surface area contributed by atoms with Crippen molar-refractivity contribution in [2.75, 3.05) is 0 Å². The SMILES string of the molecule is CC(C(=O)O)C(C)C(=O)NC1(C)CCC1. The molecule has 0 aliphatic heterocycles. The molecule has 4 nitrogen and oxygen atoms in total. The first-order valence-corrected chi connectivity index (χ1v) is 5.40. The summed E-state index contributed by atoms with van der Waals surface area (Å²) in [5.74, 6) is -2.17. The zero-order valence-electron chi connectivity index (χ0n) is 9.54. The molecule has 0 aromatic heterocycles. The van der Waals surface area contributed by atoms with Crippen molar-refractivity contribution in [2.24, 2.45) is 11.8 Å². The molecule has 86 valence electrons. The molecule has 1 rings (SSSR count). The standard InChI is InChI=1S/C11H19NO3/c1-7(8(2)10(14)15)9(13)12-11(3)5-4-6-11/h7-8H,4-6H2,1-3H3,(H,12,13)(H,14,15). The Kier molecular flexibility index (Phi) is 3.37. The van der Waals surface area contributed by atoms with Gasteiger partial charge in [0, 0.05) is 11.5 Å². The largest absolute Gasteiger partial charge is 0.481 e. The lowest BCUT2D eigenvalue weighted by Crippen LogP contribution is -2.53. The van der Waals surface area contributed by atoms with E-state index < -0.39 is 17.8 Å². The van der Waals surface area contributed by atoms with Crippen LogP contribution in [0.25, 0.3) is 0 Å². The maximum absolute atomic E-state index is 11.7. The second-order valence-corrected chi connectivity index (χ2v) is 4.82. The predicted octanol–water partition coefficient (Wildman–Crippen LogP) is 1.40. The van der Waals surface area contributed by atoms with Gasteiger partial charge in [-0.15, -0.1) is 0 Å². The fourth-order valence-corrected chi connectivity index (χ4v) is 1.68. The summed E-state index contributed by atoms with van der Waals surface area (Å²) in [5, 5.41) is 11.7. The monoisotopic (exact) mass is 213 g/mol. The third kappa shape index (κ3) is 2.70. The van der Waals surface area contributed by atoms with E-state index in [9.17, 15) is 9.59 Å². The summed E-state index contributed by atoms with van der Waals surface area (Å²) in [7, 11) is 0. The van der Waals surface area contributed by atoms with E-state index in [2.05, 4.69) is 5.32 Å². The summed E-state index contributed by atoms with van der Waals surface area (Å²) >= 11 is 0. The number of carboxylic acid groups (broad SMARTS) is 1. The minimum Gasteiger partial charge on any atom is -0.481 e. The molecule has 0 radical (unpaired) electrons. The first-order valence-electron chi connectivity index (χ1n) is 5.40. The Morgan fingerprint density at radius 2 is 1.80 bits per heavy atom. The molecule has 0 spiro atoms. The van der Waals surface area contributed by atoms with Gasteiger partial charge >= 0.3 is 5.97 Å². The highest BCUT2D eigenvalue weighted by molar-refractivity contribution is 5.84. The van der Waals surface area contributed by atoms with Crippen LogP contribution >= 0.6 is 0 Å². The van der Waals surface area contributed by atoms with Crippen LogP contribution in [-0.4, -0.2) is 22.5 Å². The first kappa shape index (κ1) is 12.0. The maximum Gasteiger partial charge on any atom is 0.307 e. The highest BCUT2D eigenvalue weighted by Crippen LogP contribution is 2.31. The minimum atomic E-state index is -0.920. The summed E-state index contributed by atoms with van der Waals surface area (Å²) in [6, 6.07) is 0. The van der Waals surface area contributed by atoms with E-state index >= 15 is 0 Å². The van der Waals surface area contributed by atoms with Crippen LogP contribution in [0.4, 0.5) is 0 Å². The molecule has 2 unspecified atom stereocenters. The fourth-order valence-electron chi connectivity index (χ4n) is 1.68. The van der Waals surface area contributed by atoms with E-state index in [0.29, 0.717) is 0 Å². The van der Waals surface area contributed by atoms with Crippen molar-refractivity contribution in [3.05, 3.63) is 0 Å². The minimum absolute atomic E-state index is 0.0937. The van der Waals surface area contributed by atoms with Crippen LogP contribution < -0.4 is 5.32 Å². The van der Waals surface area contributed by atoms with Gasteiger partial charge < -0.3 is 10.4 Å². The summed E-state index contributed by atoms with van der Waals surface area (Å²) in [5.41, 5.74) is -0.0937. The van der Waals surface area contributed by atoms with Gasteiger partial charge in [0.25, 0.3) is 0 Å². The van der Waals surface area contributed by atoms with Crippen molar-refractivity contribution in [1.29, 1.82) is 0 Å². The third-order valence-electron chi connectivity index (χ3n) is 3.44. The average Bonchev–Trinajstić information content (AvgIpc) is 2.12. The summed E-state index contributed by atoms with van der Waals surface area (Å²) in [6.45, 7) is 5.23. The highest BCUT2D eigenvalue weighted by atomic mass is 16.4. The lowest BCUT2D eigenvalue weighted by atomic mass is 9.78. The normalized spacial score (nSPS) is 22.3. The number of carbonyl (C=O) groups excluding carboxylic acids is 1. The van der Waals surface area contributed by atoms with Crippen molar-refractivity contribution in [3.8, 4) is 0 Å². The third-order valence-corrected chi connectivity index (χ3v) is 3.44. The fraction of sp³-hybridized carbons (Fsp3) is 0.818. The Labute approximate surface area is 90.0 Å². The molecule has 2 atom stereocenters. The smallest absolute Gasteiger partial charge is 0.307 e. The molecule has 2 N–H and O–H groups in total. The molecule has 1 aliphatic carbocycles. The number of aliphatic carboxylic acids is 1. The quantitative estimate of drug-likeness (QED) is 0.741. The van der Waals surface area contributed by atoms with Gasteiger partial charge in [0.2, 0.25) is 5.91 Å². The van der Waals surface area contributed by atoms with E-state index in [0.717, 1.165) is 19.3 Å². The maximum atomic E-state index is 11.7. The van der Waals surface area contributed by atoms with E-state index in [4.69, 9.17) is 5.11 Å². The van der Waals surface area contributed by atoms with E-state index in [1.54, 1.807) is 13.8 Å². The number of rotatable bonds is 4. The van der Waals surface area contributed by atoms with Gasteiger partial charge in [-0.1, -0.05) is 13.8 Å². The van der Waals surface area contributed by atoms with E-state index in [1.165, 1.54) is 0 Å². The molecular weight excluding hydrogens is 194 g/mol. The van der Waals surface area contributed by atoms with Gasteiger partial charge in [-0.25, -0.2) is 0 Å². The number of hydrogen-bond acceptors (Lipinski definition) is 2. The number of carbonyl (C=O) groups is 2. The van der Waals surface area contributed by atoms with Crippen LogP contribution in [0.15, 0.2) is 0 Å². The van der Waals surface area contributed by atoms with Crippen molar-refractivity contribution in [3.63, 3.8) is 0 Å². The average molecular weight is 213 g/mol. The van der Waals surface area contributed by atoms with Gasteiger partial charge in [-0.2, -0.15) is 0 Å². The molecule has 1 amide bonds. The topological polar surface area (TPSA) is 66.4 Å². The van der Waals surface area contributed by atoms with Gasteiger partial charge in [0.1, 0.15) is 0 Å². The summed E-state index contributed by atoms with van der Waals surface area (Å²) in [4.78, 5) is 22.4. The van der Waals surface area contributed by atoms with Gasteiger partial charge in [0.05, 0.1) is 5.92 Å². The van der Waals surface area contributed by atoms with Gasteiger partial charge in [-0.05, 0) is 26.2 Å². The van der Waals surface area contributed by atoms with Crippen LogP contribution in [0.3, 0.4) is 0 Å². The number of nitrogens with one attached hydrogen (secondary N) is 1. The summed E-state index contributed by atoms with van der Waals surface area (Å²) in [6.07, 6.45) is 3.12.